The number of fused-ring (bicyclic) bond motifs is 1. The monoisotopic (exact) mass is 1030 g/mol. The van der Waals surface area contributed by atoms with Gasteiger partial charge in [0.25, 0.3) is 0 Å². The minimum Gasteiger partial charge on any atom is -0.497 e. The lowest BCUT2D eigenvalue weighted by Gasteiger charge is -2.25. The van der Waals surface area contributed by atoms with Gasteiger partial charge in [-0.15, -0.1) is 10.2 Å². The first-order chi connectivity index (χ1) is 34.5. The first-order valence-corrected chi connectivity index (χ1v) is 24.8. The number of imidazole rings is 1. The Hall–Kier alpha value is -7.73. The third kappa shape index (κ3) is 10.9. The molecule has 1 N–H and O–H groups in total. The van der Waals surface area contributed by atoms with Crippen LogP contribution in [0.15, 0.2) is 161 Å². The van der Waals surface area contributed by atoms with Crippen molar-refractivity contribution in [1.82, 2.24) is 34.5 Å². The number of nitrogens with zero attached hydrogens (tertiary/aromatic N) is 7. The first kappa shape index (κ1) is 48.3. The van der Waals surface area contributed by atoms with Crippen LogP contribution < -0.4 is 28.6 Å². The molecule has 0 fully saturated rings. The van der Waals surface area contributed by atoms with Crippen molar-refractivity contribution in [3.63, 3.8) is 0 Å². The topological polar surface area (TPSA) is 159 Å². The van der Waals surface area contributed by atoms with Crippen LogP contribution in [-0.4, -0.2) is 78.4 Å². The molecular weight excluding hydrogens is 985 g/mol. The van der Waals surface area contributed by atoms with E-state index in [0.717, 1.165) is 44.8 Å². The van der Waals surface area contributed by atoms with Crippen LogP contribution in [0.1, 0.15) is 27.8 Å². The molecule has 15 nitrogen and oxygen atoms in total. The minimum absolute atomic E-state index is 0.0303. The van der Waals surface area contributed by atoms with E-state index in [9.17, 15) is 0 Å². The largest absolute Gasteiger partial charge is 0.497 e. The normalized spacial score (nSPS) is 11.5. The number of para-hydroxylation sites is 1. The predicted molar refractivity (Wildman–Crippen MR) is 276 cm³/mol. The average molecular weight is 1040 g/mol. The summed E-state index contributed by atoms with van der Waals surface area (Å²) in [6, 6.07) is 47.6. The summed E-state index contributed by atoms with van der Waals surface area (Å²) in [5.74, 6) is 4.25. The van der Waals surface area contributed by atoms with Crippen molar-refractivity contribution in [1.29, 1.82) is 0 Å². The summed E-state index contributed by atoms with van der Waals surface area (Å²) in [6.07, 6.45) is 0. The van der Waals surface area contributed by atoms with E-state index in [1.807, 2.05) is 146 Å². The average Bonchev–Trinajstić information content (AvgIpc) is 4.07. The fourth-order valence-electron chi connectivity index (χ4n) is 8.28. The second kappa shape index (κ2) is 21.5. The van der Waals surface area contributed by atoms with Crippen LogP contribution >= 0.6 is 15.9 Å². The Balaban J connectivity index is 1.20. The van der Waals surface area contributed by atoms with Crippen LogP contribution in [0.3, 0.4) is 0 Å². The second-order valence-corrected chi connectivity index (χ2v) is 19.3. The Morgan fingerprint density at radius 1 is 0.549 bits per heavy atom. The lowest BCUT2D eigenvalue weighted by Crippen LogP contribution is -2.31. The number of hydrogen-bond acceptors (Lipinski definition) is 12. The highest BCUT2D eigenvalue weighted by molar-refractivity contribution is 9.10. The molecule has 9 aromatic rings. The Morgan fingerprint density at radius 2 is 1.00 bits per heavy atom. The molecule has 0 atom stereocenters. The Labute approximate surface area is 420 Å². The molecular formula is C54H51BrN8O7S. The van der Waals surface area contributed by atoms with Crippen molar-refractivity contribution < 1.29 is 32.1 Å². The van der Waals surface area contributed by atoms with Crippen LogP contribution in [0.25, 0.3) is 33.5 Å². The molecule has 7 aromatic carbocycles. The van der Waals surface area contributed by atoms with Gasteiger partial charge in [0.15, 0.2) is 0 Å². The number of anilines is 1. The van der Waals surface area contributed by atoms with Gasteiger partial charge in [-0.25, -0.2) is 13.4 Å². The lowest BCUT2D eigenvalue weighted by molar-refractivity contribution is 0.397. The molecule has 0 saturated carbocycles. The molecule has 2 heterocycles. The van der Waals surface area contributed by atoms with Gasteiger partial charge in [0.1, 0.15) is 33.6 Å². The third-order valence-corrected chi connectivity index (χ3v) is 14.9. The molecule has 0 spiro atoms. The summed E-state index contributed by atoms with van der Waals surface area (Å²) >= 11 is 3.71. The summed E-state index contributed by atoms with van der Waals surface area (Å²) in [5.41, 5.74) is 7.28. The van der Waals surface area contributed by atoms with E-state index in [1.54, 1.807) is 41.6 Å². The highest BCUT2D eigenvalue weighted by Crippen LogP contribution is 2.43. The number of methoxy groups -OCH3 is 5. The number of nitrogens with one attached hydrogen (secondary N) is 1. The number of rotatable bonds is 20. The maximum atomic E-state index is 15.8. The zero-order chi connectivity index (χ0) is 49.5. The molecule has 17 heteroatoms. The zero-order valence-electron chi connectivity index (χ0n) is 39.7. The van der Waals surface area contributed by atoms with Gasteiger partial charge in [-0.3, -0.25) is 0 Å². The molecule has 0 unspecified atom stereocenters. The van der Waals surface area contributed by atoms with Crippen molar-refractivity contribution in [2.45, 2.75) is 37.6 Å². The highest BCUT2D eigenvalue weighted by Gasteiger charge is 2.34. The van der Waals surface area contributed by atoms with E-state index in [0.29, 0.717) is 57.4 Å². The number of aromatic nitrogens is 6. The summed E-state index contributed by atoms with van der Waals surface area (Å²) in [5, 5.41) is 14.0. The molecule has 0 radical (unpaired) electrons. The number of benzene rings is 7. The molecule has 71 heavy (non-hydrogen) atoms. The Bertz CT molecular complexity index is 3250. The van der Waals surface area contributed by atoms with Gasteiger partial charge >= 0.3 is 0 Å². The second-order valence-electron chi connectivity index (χ2n) is 16.6. The van der Waals surface area contributed by atoms with Crippen molar-refractivity contribution >= 4 is 42.9 Å². The summed E-state index contributed by atoms with van der Waals surface area (Å²) in [7, 11) is 3.66. The van der Waals surface area contributed by atoms with Gasteiger partial charge in [-0.1, -0.05) is 78.9 Å². The fraction of sp³-hybridized carbons (Fsp3) is 0.185. The van der Waals surface area contributed by atoms with Gasteiger partial charge in [0, 0.05) is 36.2 Å². The Kier molecular flexibility index (Phi) is 14.6. The van der Waals surface area contributed by atoms with Crippen LogP contribution in [0, 0.1) is 0 Å². The molecule has 9 rings (SSSR count). The van der Waals surface area contributed by atoms with Gasteiger partial charge in [0.2, 0.25) is 21.8 Å². The number of sulfonamides is 1. The van der Waals surface area contributed by atoms with Crippen LogP contribution in [-0.2, 0) is 42.7 Å². The van der Waals surface area contributed by atoms with E-state index in [4.69, 9.17) is 33.8 Å². The molecule has 0 bridgehead atoms. The summed E-state index contributed by atoms with van der Waals surface area (Å²) in [4.78, 5) is 12.5. The van der Waals surface area contributed by atoms with Gasteiger partial charge in [-0.05, 0) is 127 Å². The van der Waals surface area contributed by atoms with Crippen molar-refractivity contribution in [2.24, 2.45) is 0 Å². The van der Waals surface area contributed by atoms with Gasteiger partial charge < -0.3 is 33.6 Å². The van der Waals surface area contributed by atoms with Crippen molar-refractivity contribution in [3.05, 3.63) is 184 Å². The van der Waals surface area contributed by atoms with E-state index < -0.39 is 10.0 Å². The van der Waals surface area contributed by atoms with Crippen LogP contribution in [0.2, 0.25) is 0 Å². The van der Waals surface area contributed by atoms with E-state index in [1.165, 1.54) is 9.10 Å². The predicted octanol–water partition coefficient (Wildman–Crippen LogP) is 10.3. The number of tetrazole rings is 1. The number of H-pyrrole nitrogens is 1. The first-order valence-electron chi connectivity index (χ1n) is 22.5. The molecule has 0 aliphatic carbocycles. The maximum Gasteiger partial charge on any atom is 0.245 e. The fourth-order valence-corrected chi connectivity index (χ4v) is 10.9. The number of hydrogen-bond donors (Lipinski definition) is 1. The van der Waals surface area contributed by atoms with Crippen molar-refractivity contribution in [3.8, 4) is 51.3 Å². The summed E-state index contributed by atoms with van der Waals surface area (Å²) < 4.78 is 60.6. The van der Waals surface area contributed by atoms with E-state index in [-0.39, 0.29) is 35.9 Å². The maximum absolute atomic E-state index is 15.8. The third-order valence-electron chi connectivity index (χ3n) is 12.1. The SMILES string of the molecule is COc1ccc(CN(Cc2ccc(OC)cc2)c2nc3c(-c4ccc(Br)c(S(=O)(=O)N(Cc5ccc(OC)cc5)Cc5ccc(OC)cc5)c4-c4nnn(Cc5ccc(OC)cc5)n4)cccc3[nH]2)cc1. The molecule has 0 aliphatic rings. The highest BCUT2D eigenvalue weighted by atomic mass is 79.9. The standard InChI is InChI=1S/C54H51BrN8O7S/c1-66-41-19-9-36(10-20-41)31-61(32-37-11-21-42(67-2)22-12-37)54-56-49-8-6-7-47(51(49)57-54)46-29-30-48(55)52(50(46)53-58-60-63(59-53)35-40-17-27-45(70-5)28-18-40)71(64,65)62(33-38-13-23-43(68-3)24-14-38)34-39-15-25-44(69-4)26-16-39/h6-30H,31-35H2,1-5H3,(H,56,57). The number of ether oxygens (including phenoxy) is 5. The number of aromatic amines is 1. The summed E-state index contributed by atoms with van der Waals surface area (Å²) in [6.45, 7) is 1.35. The van der Waals surface area contributed by atoms with Crippen molar-refractivity contribution in [2.75, 3.05) is 40.4 Å². The van der Waals surface area contributed by atoms with Crippen LogP contribution in [0.5, 0.6) is 28.7 Å². The van der Waals surface area contributed by atoms with E-state index >= 15 is 8.42 Å². The number of halogens is 1. The molecule has 362 valence electrons. The zero-order valence-corrected chi connectivity index (χ0v) is 42.1. The molecule has 0 aliphatic heterocycles. The lowest BCUT2D eigenvalue weighted by atomic mass is 9.98. The van der Waals surface area contributed by atoms with E-state index in [2.05, 4.69) is 36.1 Å². The molecule has 2 aromatic heterocycles. The van der Waals surface area contributed by atoms with Gasteiger partial charge in [0.05, 0.1) is 58.7 Å². The quantitative estimate of drug-likeness (QED) is 0.0771. The minimum atomic E-state index is -4.43. The molecule has 0 amide bonds. The Morgan fingerprint density at radius 3 is 1.46 bits per heavy atom. The van der Waals surface area contributed by atoms with Gasteiger partial charge in [-0.2, -0.15) is 9.10 Å². The molecule has 0 saturated heterocycles. The van der Waals surface area contributed by atoms with Crippen LogP contribution in [0.4, 0.5) is 5.95 Å². The smallest absolute Gasteiger partial charge is 0.245 e.